The molecule has 0 radical (unpaired) electrons. The SMILES string of the molecule is [2H]C1([2H])Cc2ccc(Cc3cc([C@@H]4O[C@H](CO)[C@@H](O)[C@H](O)[C@H]4O)c(F)cc3Cl)cc21. The third-order valence-electron chi connectivity index (χ3n) is 5.40. The number of hydrogen-bond acceptors (Lipinski definition) is 5. The van der Waals surface area contributed by atoms with Gasteiger partial charge in [-0.25, -0.2) is 4.39 Å². The first kappa shape index (κ1) is 17.3. The van der Waals surface area contributed by atoms with E-state index in [2.05, 4.69) is 0 Å². The van der Waals surface area contributed by atoms with Gasteiger partial charge in [-0.2, -0.15) is 0 Å². The second kappa shape index (κ2) is 7.71. The van der Waals surface area contributed by atoms with Gasteiger partial charge in [0.1, 0.15) is 36.3 Å². The van der Waals surface area contributed by atoms with Crippen molar-refractivity contribution in [1.82, 2.24) is 0 Å². The van der Waals surface area contributed by atoms with E-state index in [0.29, 0.717) is 24.0 Å². The molecule has 2 aromatic carbocycles. The quantitative estimate of drug-likeness (QED) is 0.616. The summed E-state index contributed by atoms with van der Waals surface area (Å²) in [6.07, 6.45) is -7.89. The molecule has 1 aliphatic carbocycles. The molecule has 1 saturated heterocycles. The maximum Gasteiger partial charge on any atom is 0.130 e. The average molecular weight is 411 g/mol. The van der Waals surface area contributed by atoms with E-state index in [0.717, 1.165) is 17.2 Å². The highest BCUT2D eigenvalue weighted by Gasteiger charge is 2.44. The zero-order valence-corrected chi connectivity index (χ0v) is 15.6. The number of hydrogen-bond donors (Lipinski definition) is 4. The van der Waals surface area contributed by atoms with E-state index < -0.39 is 49.3 Å². The molecule has 4 rings (SSSR count). The fourth-order valence-electron chi connectivity index (χ4n) is 3.68. The van der Waals surface area contributed by atoms with Crippen LogP contribution < -0.4 is 0 Å². The van der Waals surface area contributed by atoms with Gasteiger partial charge in [0.05, 0.1) is 6.61 Å². The second-order valence-electron chi connectivity index (χ2n) is 7.24. The first-order valence-corrected chi connectivity index (χ1v) is 9.41. The molecule has 28 heavy (non-hydrogen) atoms. The zero-order valence-electron chi connectivity index (χ0n) is 16.8. The molecule has 2 aromatic rings. The second-order valence-corrected chi connectivity index (χ2v) is 7.64. The molecule has 0 saturated carbocycles. The number of rotatable bonds is 4. The molecular formula is C21H22ClFO5. The van der Waals surface area contributed by atoms with Crippen LogP contribution in [0.3, 0.4) is 0 Å². The van der Waals surface area contributed by atoms with Crippen molar-refractivity contribution in [3.05, 3.63) is 69.0 Å². The van der Waals surface area contributed by atoms with Crippen LogP contribution in [-0.2, 0) is 24.0 Å². The van der Waals surface area contributed by atoms with Crippen LogP contribution in [-0.4, -0.2) is 51.4 Å². The topological polar surface area (TPSA) is 90.2 Å². The van der Waals surface area contributed by atoms with Gasteiger partial charge in [0, 0.05) is 13.3 Å². The van der Waals surface area contributed by atoms with Gasteiger partial charge in [-0.05, 0) is 53.6 Å². The molecule has 5 nitrogen and oxygen atoms in total. The summed E-state index contributed by atoms with van der Waals surface area (Å²) in [4.78, 5) is 0. The van der Waals surface area contributed by atoms with Crippen molar-refractivity contribution in [2.24, 2.45) is 0 Å². The Morgan fingerprint density at radius 3 is 2.61 bits per heavy atom. The van der Waals surface area contributed by atoms with E-state index in [1.54, 1.807) is 6.07 Å². The summed E-state index contributed by atoms with van der Waals surface area (Å²) in [5.41, 5.74) is 2.87. The number of ether oxygens (including phenoxy) is 1. The van der Waals surface area contributed by atoms with Crippen molar-refractivity contribution in [2.45, 2.75) is 49.7 Å². The number of fused-ring (bicyclic) bond motifs is 1. The van der Waals surface area contributed by atoms with Gasteiger partial charge < -0.3 is 25.2 Å². The van der Waals surface area contributed by atoms with Crippen molar-refractivity contribution in [3.63, 3.8) is 0 Å². The molecule has 4 N–H and O–H groups in total. The van der Waals surface area contributed by atoms with Gasteiger partial charge in [-0.3, -0.25) is 0 Å². The van der Waals surface area contributed by atoms with Crippen LogP contribution in [0.5, 0.6) is 0 Å². The van der Waals surface area contributed by atoms with Crippen molar-refractivity contribution < 1.29 is 32.3 Å². The molecule has 0 unspecified atom stereocenters. The maximum atomic E-state index is 14.7. The predicted octanol–water partition coefficient (Wildman–Crippen LogP) is 1.68. The Balaban J connectivity index is 1.66. The average Bonchev–Trinajstić information content (AvgIpc) is 2.69. The number of aliphatic hydroxyl groups excluding tert-OH is 4. The Bertz CT molecular complexity index is 971. The molecule has 1 heterocycles. The van der Waals surface area contributed by atoms with Gasteiger partial charge in [-0.1, -0.05) is 29.8 Å². The third-order valence-corrected chi connectivity index (χ3v) is 5.75. The fraction of sp³-hybridized carbons (Fsp3) is 0.429. The van der Waals surface area contributed by atoms with Crippen LogP contribution in [0.25, 0.3) is 0 Å². The minimum atomic E-state index is -1.62. The Kier molecular flexibility index (Phi) is 4.77. The van der Waals surface area contributed by atoms with E-state index in [1.165, 1.54) is 6.07 Å². The monoisotopic (exact) mass is 410 g/mol. The molecule has 7 heteroatoms. The lowest BCUT2D eigenvalue weighted by molar-refractivity contribution is -0.232. The van der Waals surface area contributed by atoms with Crippen LogP contribution in [0, 0.1) is 5.82 Å². The van der Waals surface area contributed by atoms with E-state index in [9.17, 15) is 24.8 Å². The molecule has 0 aromatic heterocycles. The summed E-state index contributed by atoms with van der Waals surface area (Å²) in [7, 11) is 0. The van der Waals surface area contributed by atoms with Gasteiger partial charge >= 0.3 is 0 Å². The summed E-state index contributed by atoms with van der Waals surface area (Å²) in [6, 6.07) is 8.02. The predicted molar refractivity (Wildman–Crippen MR) is 101 cm³/mol. The summed E-state index contributed by atoms with van der Waals surface area (Å²) < 4.78 is 36.0. The lowest BCUT2D eigenvalue weighted by atomic mass is 9.86. The zero-order chi connectivity index (χ0) is 21.8. The van der Waals surface area contributed by atoms with Gasteiger partial charge in [-0.15, -0.1) is 0 Å². The smallest absolute Gasteiger partial charge is 0.130 e. The Morgan fingerprint density at radius 2 is 1.89 bits per heavy atom. The lowest BCUT2D eigenvalue weighted by Crippen LogP contribution is -2.55. The van der Waals surface area contributed by atoms with Crippen LogP contribution in [0.4, 0.5) is 4.39 Å². The molecule has 2 aliphatic rings. The standard InChI is InChI=1S/C21H22ClFO5/c22-15-8-16(23)14(21-20(27)19(26)18(25)17(9-24)28-21)7-13(15)6-10-1-2-11-3-4-12(11)5-10/h1-2,5,7-8,17-21,24-27H,3-4,6,9H2/t17-,18-,19+,20-,21+/m1/s1/i4D2. The number of halogens is 2. The third kappa shape index (κ3) is 3.45. The number of benzene rings is 2. The van der Waals surface area contributed by atoms with Gasteiger partial charge in [0.15, 0.2) is 0 Å². The molecule has 5 atom stereocenters. The molecule has 1 fully saturated rings. The van der Waals surface area contributed by atoms with Gasteiger partial charge in [0.2, 0.25) is 0 Å². The first-order chi connectivity index (χ1) is 14.1. The molecular weight excluding hydrogens is 387 g/mol. The van der Waals surface area contributed by atoms with Crippen molar-refractivity contribution >= 4 is 11.6 Å². The Labute approximate surface area is 169 Å². The summed E-state index contributed by atoms with van der Waals surface area (Å²) >= 11 is 6.23. The highest BCUT2D eigenvalue weighted by molar-refractivity contribution is 6.31. The van der Waals surface area contributed by atoms with Crippen LogP contribution in [0.15, 0.2) is 30.3 Å². The summed E-state index contributed by atoms with van der Waals surface area (Å²) in [5, 5.41) is 39.8. The highest BCUT2D eigenvalue weighted by atomic mass is 35.5. The Morgan fingerprint density at radius 1 is 1.11 bits per heavy atom. The van der Waals surface area contributed by atoms with Crippen LogP contribution in [0.2, 0.25) is 5.02 Å². The highest BCUT2D eigenvalue weighted by Crippen LogP contribution is 2.36. The molecule has 150 valence electrons. The molecule has 0 spiro atoms. The largest absolute Gasteiger partial charge is 0.394 e. The van der Waals surface area contributed by atoms with Crippen molar-refractivity contribution in [2.75, 3.05) is 6.61 Å². The molecule has 1 aliphatic heterocycles. The summed E-state index contributed by atoms with van der Waals surface area (Å²) in [6.45, 7) is -0.610. The number of aryl methyl sites for hydroxylation is 2. The first-order valence-electron chi connectivity index (χ1n) is 10.0. The number of aliphatic hydroxyl groups is 4. The molecule has 0 bridgehead atoms. The molecule has 0 amide bonds. The normalized spacial score (nSPS) is 32.1. The van der Waals surface area contributed by atoms with Crippen molar-refractivity contribution in [3.8, 4) is 0 Å². The fourth-order valence-corrected chi connectivity index (χ4v) is 3.90. The van der Waals surface area contributed by atoms with Gasteiger partial charge in [0.25, 0.3) is 0 Å². The van der Waals surface area contributed by atoms with E-state index in [4.69, 9.17) is 19.1 Å². The van der Waals surface area contributed by atoms with E-state index >= 15 is 0 Å². The van der Waals surface area contributed by atoms with Crippen LogP contribution in [0.1, 0.15) is 36.7 Å². The lowest BCUT2D eigenvalue weighted by Gasteiger charge is -2.40. The minimum absolute atomic E-state index is 0.0504. The van der Waals surface area contributed by atoms with Crippen molar-refractivity contribution in [1.29, 1.82) is 0 Å². The maximum absolute atomic E-state index is 14.7. The Hall–Kier alpha value is -1.54. The van der Waals surface area contributed by atoms with E-state index in [1.807, 2.05) is 12.1 Å². The minimum Gasteiger partial charge on any atom is -0.394 e. The summed E-state index contributed by atoms with van der Waals surface area (Å²) in [5.74, 6) is -0.749. The van der Waals surface area contributed by atoms with E-state index in [-0.39, 0.29) is 10.6 Å². The van der Waals surface area contributed by atoms with Crippen LogP contribution >= 0.6 is 11.6 Å².